The topological polar surface area (TPSA) is 26.3 Å². The number of rotatable bonds is 7. The molecule has 17 heavy (non-hydrogen) atoms. The number of carbonyl (C=O) groups excluding carboxylic acids is 1. The van der Waals surface area contributed by atoms with E-state index in [0.29, 0.717) is 6.42 Å². The van der Waals surface area contributed by atoms with Crippen LogP contribution in [0.5, 0.6) is 0 Å². The second-order valence-electron chi connectivity index (χ2n) is 4.23. The van der Waals surface area contributed by atoms with Gasteiger partial charge < -0.3 is 4.74 Å². The summed E-state index contributed by atoms with van der Waals surface area (Å²) in [7, 11) is 1.64. The minimum atomic E-state index is -0.587. The standard InChI is InChI=1S/C14H22O2S/c1-5-11-8-9-12(17-11)10-13(15)14(6-2,7-3)16-4/h8-9H,5-7,10H2,1-4H3. The first kappa shape index (κ1) is 14.4. The maximum Gasteiger partial charge on any atom is 0.169 e. The fourth-order valence-electron chi connectivity index (χ4n) is 2.07. The van der Waals surface area contributed by atoms with Crippen molar-refractivity contribution in [3.05, 3.63) is 21.9 Å². The van der Waals surface area contributed by atoms with Crippen LogP contribution in [0.3, 0.4) is 0 Å². The predicted octanol–water partition coefficient (Wildman–Crippen LogP) is 3.63. The van der Waals surface area contributed by atoms with Crippen LogP contribution in [-0.4, -0.2) is 18.5 Å². The highest BCUT2D eigenvalue weighted by atomic mass is 32.1. The third kappa shape index (κ3) is 3.17. The lowest BCUT2D eigenvalue weighted by Crippen LogP contribution is -2.40. The van der Waals surface area contributed by atoms with Gasteiger partial charge in [-0.2, -0.15) is 0 Å². The van der Waals surface area contributed by atoms with Crippen molar-refractivity contribution in [2.45, 2.75) is 52.1 Å². The van der Waals surface area contributed by atoms with Gasteiger partial charge in [0.1, 0.15) is 5.60 Å². The normalized spacial score (nSPS) is 11.8. The molecule has 1 aromatic heterocycles. The van der Waals surface area contributed by atoms with Crippen molar-refractivity contribution >= 4 is 17.1 Å². The first-order valence-corrected chi connectivity index (χ1v) is 7.09. The van der Waals surface area contributed by atoms with Crippen LogP contribution < -0.4 is 0 Å². The van der Waals surface area contributed by atoms with Crippen molar-refractivity contribution in [1.29, 1.82) is 0 Å². The van der Waals surface area contributed by atoms with Gasteiger partial charge in [0, 0.05) is 23.3 Å². The number of ketones is 1. The fourth-order valence-corrected chi connectivity index (χ4v) is 3.03. The van der Waals surface area contributed by atoms with Crippen LogP contribution in [0.15, 0.2) is 12.1 Å². The maximum absolute atomic E-state index is 12.3. The molecule has 0 radical (unpaired) electrons. The van der Waals surface area contributed by atoms with E-state index in [-0.39, 0.29) is 5.78 Å². The smallest absolute Gasteiger partial charge is 0.169 e. The van der Waals surface area contributed by atoms with Crippen molar-refractivity contribution in [1.82, 2.24) is 0 Å². The fraction of sp³-hybridized carbons (Fsp3) is 0.643. The Hall–Kier alpha value is -0.670. The zero-order valence-electron chi connectivity index (χ0n) is 11.2. The summed E-state index contributed by atoms with van der Waals surface area (Å²) in [5.41, 5.74) is -0.587. The number of ether oxygens (including phenoxy) is 1. The van der Waals surface area contributed by atoms with Crippen LogP contribution in [0, 0.1) is 0 Å². The molecule has 0 aliphatic heterocycles. The second-order valence-corrected chi connectivity index (χ2v) is 5.48. The summed E-state index contributed by atoms with van der Waals surface area (Å²) in [6.07, 6.45) is 3.02. The van der Waals surface area contributed by atoms with Gasteiger partial charge in [-0.1, -0.05) is 20.8 Å². The summed E-state index contributed by atoms with van der Waals surface area (Å²) < 4.78 is 5.46. The lowest BCUT2D eigenvalue weighted by atomic mass is 9.90. The molecule has 0 N–H and O–H groups in total. The molecule has 0 saturated carbocycles. The summed E-state index contributed by atoms with van der Waals surface area (Å²) in [5.74, 6) is 0.203. The quantitative estimate of drug-likeness (QED) is 0.742. The summed E-state index contributed by atoms with van der Waals surface area (Å²) in [6, 6.07) is 4.17. The molecule has 0 atom stereocenters. The number of thiophene rings is 1. The van der Waals surface area contributed by atoms with E-state index in [1.165, 1.54) is 4.88 Å². The molecule has 2 nitrogen and oxygen atoms in total. The molecule has 3 heteroatoms. The largest absolute Gasteiger partial charge is 0.370 e. The highest BCUT2D eigenvalue weighted by molar-refractivity contribution is 7.12. The third-order valence-corrected chi connectivity index (χ3v) is 4.67. The van der Waals surface area contributed by atoms with E-state index in [4.69, 9.17) is 4.74 Å². The van der Waals surface area contributed by atoms with Crippen molar-refractivity contribution in [2.24, 2.45) is 0 Å². The van der Waals surface area contributed by atoms with Crippen LogP contribution in [0.4, 0.5) is 0 Å². The number of carbonyl (C=O) groups is 1. The monoisotopic (exact) mass is 254 g/mol. The Morgan fingerprint density at radius 2 is 1.82 bits per heavy atom. The van der Waals surface area contributed by atoms with E-state index in [9.17, 15) is 4.79 Å². The molecule has 96 valence electrons. The SMILES string of the molecule is CCc1ccc(CC(=O)C(CC)(CC)OC)s1. The number of aryl methyl sites for hydroxylation is 1. The van der Waals surface area contributed by atoms with Gasteiger partial charge in [-0.15, -0.1) is 11.3 Å². The number of Topliss-reactive ketones (excluding diaryl/α,β-unsaturated/α-hetero) is 1. The van der Waals surface area contributed by atoms with Gasteiger partial charge in [0.05, 0.1) is 0 Å². The average molecular weight is 254 g/mol. The van der Waals surface area contributed by atoms with Gasteiger partial charge in [0.2, 0.25) is 0 Å². The Labute approximate surface area is 108 Å². The lowest BCUT2D eigenvalue weighted by Gasteiger charge is -2.28. The predicted molar refractivity (Wildman–Crippen MR) is 72.7 cm³/mol. The van der Waals surface area contributed by atoms with E-state index in [1.807, 2.05) is 13.8 Å². The molecule has 0 aliphatic carbocycles. The minimum absolute atomic E-state index is 0.203. The first-order chi connectivity index (χ1) is 8.11. The average Bonchev–Trinajstić information content (AvgIpc) is 2.80. The summed E-state index contributed by atoms with van der Waals surface area (Å²) in [4.78, 5) is 14.8. The first-order valence-electron chi connectivity index (χ1n) is 6.27. The van der Waals surface area contributed by atoms with Crippen LogP contribution in [-0.2, 0) is 22.4 Å². The summed E-state index contributed by atoms with van der Waals surface area (Å²) in [6.45, 7) is 6.16. The highest BCUT2D eigenvalue weighted by Crippen LogP contribution is 2.25. The molecule has 1 rings (SSSR count). The molecule has 0 amide bonds. The lowest BCUT2D eigenvalue weighted by molar-refractivity contribution is -0.141. The molecule has 0 bridgehead atoms. The van der Waals surface area contributed by atoms with Crippen LogP contribution in [0.1, 0.15) is 43.4 Å². The van der Waals surface area contributed by atoms with Crippen molar-refractivity contribution in [2.75, 3.05) is 7.11 Å². The highest BCUT2D eigenvalue weighted by Gasteiger charge is 2.34. The number of hydrogen-bond acceptors (Lipinski definition) is 3. The van der Waals surface area contributed by atoms with Crippen LogP contribution in [0.25, 0.3) is 0 Å². The zero-order chi connectivity index (χ0) is 12.9. The van der Waals surface area contributed by atoms with Crippen molar-refractivity contribution < 1.29 is 9.53 Å². The third-order valence-electron chi connectivity index (χ3n) is 3.44. The van der Waals surface area contributed by atoms with E-state index in [0.717, 1.165) is 24.1 Å². The maximum atomic E-state index is 12.3. The molecule has 0 aromatic carbocycles. The minimum Gasteiger partial charge on any atom is -0.370 e. The van der Waals surface area contributed by atoms with E-state index < -0.39 is 5.60 Å². The van der Waals surface area contributed by atoms with Gasteiger partial charge in [0.15, 0.2) is 5.78 Å². The van der Waals surface area contributed by atoms with Crippen LogP contribution in [0.2, 0.25) is 0 Å². The Bertz CT molecular complexity index is 356. The van der Waals surface area contributed by atoms with Gasteiger partial charge in [0.25, 0.3) is 0 Å². The molecule has 1 aromatic rings. The molecule has 0 spiro atoms. The Morgan fingerprint density at radius 1 is 1.24 bits per heavy atom. The summed E-state index contributed by atoms with van der Waals surface area (Å²) in [5, 5.41) is 0. The van der Waals surface area contributed by atoms with Crippen LogP contribution >= 0.6 is 11.3 Å². The summed E-state index contributed by atoms with van der Waals surface area (Å²) >= 11 is 1.73. The number of methoxy groups -OCH3 is 1. The Balaban J connectivity index is 2.76. The van der Waals surface area contributed by atoms with E-state index in [2.05, 4.69) is 19.1 Å². The van der Waals surface area contributed by atoms with Gasteiger partial charge in [-0.05, 0) is 31.4 Å². The molecule has 0 saturated heterocycles. The zero-order valence-corrected chi connectivity index (χ0v) is 12.0. The van der Waals surface area contributed by atoms with E-state index in [1.54, 1.807) is 18.4 Å². The molecule has 0 fully saturated rings. The molecular formula is C14H22O2S. The van der Waals surface area contributed by atoms with Gasteiger partial charge in [-0.3, -0.25) is 4.79 Å². The molecule has 0 aliphatic rings. The van der Waals surface area contributed by atoms with Crippen molar-refractivity contribution in [3.8, 4) is 0 Å². The Morgan fingerprint density at radius 3 is 2.24 bits per heavy atom. The molecular weight excluding hydrogens is 232 g/mol. The second kappa shape index (κ2) is 6.31. The molecule has 1 heterocycles. The molecule has 0 unspecified atom stereocenters. The number of hydrogen-bond donors (Lipinski definition) is 0. The van der Waals surface area contributed by atoms with Gasteiger partial charge in [-0.25, -0.2) is 0 Å². The van der Waals surface area contributed by atoms with Gasteiger partial charge >= 0.3 is 0 Å². The van der Waals surface area contributed by atoms with E-state index >= 15 is 0 Å². The Kier molecular flexibility index (Phi) is 5.34. The van der Waals surface area contributed by atoms with Crippen molar-refractivity contribution in [3.63, 3.8) is 0 Å².